The second-order valence-corrected chi connectivity index (χ2v) is 8.16. The van der Waals surface area contributed by atoms with Gasteiger partial charge in [-0.05, 0) is 59.3 Å². The second-order valence-electron chi connectivity index (χ2n) is 8.16. The Hall–Kier alpha value is -0.0400. The van der Waals surface area contributed by atoms with E-state index in [-0.39, 0.29) is 5.54 Å². The highest BCUT2D eigenvalue weighted by Crippen LogP contribution is 2.45. The summed E-state index contributed by atoms with van der Waals surface area (Å²) >= 11 is 0. The van der Waals surface area contributed by atoms with Crippen LogP contribution in [0.2, 0.25) is 0 Å². The first-order valence-corrected chi connectivity index (χ1v) is 6.75. The molecule has 1 aliphatic heterocycles. The summed E-state index contributed by atoms with van der Waals surface area (Å²) in [7, 11) is 0. The van der Waals surface area contributed by atoms with Crippen LogP contribution in [0.4, 0.5) is 0 Å². The van der Waals surface area contributed by atoms with Crippen molar-refractivity contribution >= 4 is 0 Å². The molecule has 1 aliphatic rings. The number of nitrogens with zero attached hydrogens (tertiary/aromatic N) is 1. The summed E-state index contributed by atoms with van der Waals surface area (Å²) in [6.45, 7) is 19.0. The van der Waals surface area contributed by atoms with Crippen LogP contribution in [0, 0.1) is 5.41 Å². The van der Waals surface area contributed by atoms with Gasteiger partial charge in [0.25, 0.3) is 0 Å². The van der Waals surface area contributed by atoms with Crippen molar-refractivity contribution < 1.29 is 0 Å². The number of hydrogen-bond acceptors (Lipinski definition) is 1. The molecule has 0 aromatic rings. The van der Waals surface area contributed by atoms with Crippen molar-refractivity contribution in [2.45, 2.75) is 91.8 Å². The van der Waals surface area contributed by atoms with E-state index < -0.39 is 0 Å². The zero-order valence-corrected chi connectivity index (χ0v) is 12.6. The van der Waals surface area contributed by atoms with E-state index in [0.29, 0.717) is 11.0 Å². The van der Waals surface area contributed by atoms with E-state index in [2.05, 4.69) is 60.3 Å². The maximum absolute atomic E-state index is 2.76. The summed E-state index contributed by atoms with van der Waals surface area (Å²) in [5.41, 5.74) is 1.09. The van der Waals surface area contributed by atoms with Crippen molar-refractivity contribution in [2.24, 2.45) is 5.41 Å². The van der Waals surface area contributed by atoms with Gasteiger partial charge in [0.05, 0.1) is 0 Å². The minimum absolute atomic E-state index is 0.288. The van der Waals surface area contributed by atoms with Gasteiger partial charge in [0.2, 0.25) is 0 Å². The number of rotatable bonds is 1. The average Bonchev–Trinajstić information content (AvgIpc) is 2.20. The first-order valence-electron chi connectivity index (χ1n) is 6.75. The van der Waals surface area contributed by atoms with Crippen molar-refractivity contribution in [3.63, 3.8) is 0 Å². The molecule has 0 saturated carbocycles. The van der Waals surface area contributed by atoms with Crippen molar-refractivity contribution in [2.75, 3.05) is 0 Å². The monoisotopic (exact) mass is 225 g/mol. The van der Waals surface area contributed by atoms with Gasteiger partial charge >= 0.3 is 0 Å². The Bertz CT molecular complexity index is 243. The summed E-state index contributed by atoms with van der Waals surface area (Å²) < 4.78 is 0. The van der Waals surface area contributed by atoms with Crippen molar-refractivity contribution in [1.29, 1.82) is 0 Å². The molecular weight excluding hydrogens is 194 g/mol. The highest BCUT2D eigenvalue weighted by molar-refractivity contribution is 5.02. The first-order chi connectivity index (χ1) is 6.96. The number of hydrogen-bond donors (Lipinski definition) is 0. The molecule has 0 N–H and O–H groups in total. The smallest absolute Gasteiger partial charge is 0.0195 e. The van der Waals surface area contributed by atoms with Gasteiger partial charge < -0.3 is 0 Å². The molecule has 1 saturated heterocycles. The standard InChI is InChI=1S/C15H31N/c1-12-9-10-15(8,11-13(2,3)4)16(12)14(5,6)7/h12H,9-11H2,1-8H3. The maximum atomic E-state index is 2.76. The van der Waals surface area contributed by atoms with Gasteiger partial charge in [0, 0.05) is 17.1 Å². The van der Waals surface area contributed by atoms with E-state index in [1.54, 1.807) is 0 Å². The van der Waals surface area contributed by atoms with Gasteiger partial charge in [-0.3, -0.25) is 4.90 Å². The predicted molar refractivity (Wildman–Crippen MR) is 72.8 cm³/mol. The van der Waals surface area contributed by atoms with Crippen molar-refractivity contribution in [3.05, 3.63) is 0 Å². The summed E-state index contributed by atoms with van der Waals surface area (Å²) in [5, 5.41) is 0. The van der Waals surface area contributed by atoms with E-state index >= 15 is 0 Å². The minimum atomic E-state index is 0.288. The van der Waals surface area contributed by atoms with E-state index in [1.165, 1.54) is 19.3 Å². The fraction of sp³-hybridized carbons (Fsp3) is 1.00. The molecule has 0 aliphatic carbocycles. The van der Waals surface area contributed by atoms with Gasteiger partial charge in [0.1, 0.15) is 0 Å². The molecule has 0 bridgehead atoms. The largest absolute Gasteiger partial charge is 0.290 e. The zero-order valence-electron chi connectivity index (χ0n) is 12.6. The molecule has 1 fully saturated rings. The Kier molecular flexibility index (Phi) is 3.52. The lowest BCUT2D eigenvalue weighted by atomic mass is 9.78. The molecule has 1 nitrogen and oxygen atoms in total. The van der Waals surface area contributed by atoms with Crippen LogP contribution in [0.3, 0.4) is 0 Å². The molecule has 2 unspecified atom stereocenters. The van der Waals surface area contributed by atoms with Gasteiger partial charge in [-0.15, -0.1) is 0 Å². The Morgan fingerprint density at radius 1 is 1.12 bits per heavy atom. The second kappa shape index (κ2) is 4.01. The molecule has 0 amide bonds. The van der Waals surface area contributed by atoms with Crippen LogP contribution >= 0.6 is 0 Å². The first kappa shape index (κ1) is 14.0. The lowest BCUT2D eigenvalue weighted by Crippen LogP contribution is -2.55. The van der Waals surface area contributed by atoms with Gasteiger partial charge in [-0.25, -0.2) is 0 Å². The topological polar surface area (TPSA) is 3.24 Å². The van der Waals surface area contributed by atoms with E-state index in [1.807, 2.05) is 0 Å². The Balaban J connectivity index is 2.94. The fourth-order valence-electron chi connectivity index (χ4n) is 4.09. The van der Waals surface area contributed by atoms with Crippen LogP contribution in [0.25, 0.3) is 0 Å². The predicted octanol–water partition coefficient (Wildman–Crippen LogP) is 4.46. The molecule has 1 rings (SSSR count). The molecule has 1 heteroatoms. The summed E-state index contributed by atoms with van der Waals surface area (Å²) in [5.74, 6) is 0. The normalized spacial score (nSPS) is 33.4. The molecule has 1 heterocycles. The van der Waals surface area contributed by atoms with E-state index in [4.69, 9.17) is 0 Å². The lowest BCUT2D eigenvalue weighted by Gasteiger charge is -2.49. The van der Waals surface area contributed by atoms with Gasteiger partial charge in [0.15, 0.2) is 0 Å². The summed E-state index contributed by atoms with van der Waals surface area (Å²) in [6, 6.07) is 0.729. The van der Waals surface area contributed by atoms with Crippen LogP contribution in [-0.2, 0) is 0 Å². The number of likely N-dealkylation sites (tertiary alicyclic amines) is 1. The molecule has 16 heavy (non-hydrogen) atoms. The Morgan fingerprint density at radius 2 is 1.62 bits per heavy atom. The van der Waals surface area contributed by atoms with E-state index in [0.717, 1.165) is 6.04 Å². The van der Waals surface area contributed by atoms with Crippen LogP contribution in [0.1, 0.15) is 74.7 Å². The molecule has 96 valence electrons. The molecule has 2 atom stereocenters. The maximum Gasteiger partial charge on any atom is 0.0195 e. The highest BCUT2D eigenvalue weighted by Gasteiger charge is 2.47. The molecule has 0 radical (unpaired) electrons. The van der Waals surface area contributed by atoms with E-state index in [9.17, 15) is 0 Å². The minimum Gasteiger partial charge on any atom is -0.290 e. The fourth-order valence-corrected chi connectivity index (χ4v) is 4.09. The molecule has 0 aromatic heterocycles. The quantitative estimate of drug-likeness (QED) is 0.636. The summed E-state index contributed by atoms with van der Waals surface area (Å²) in [4.78, 5) is 2.76. The molecule has 0 aromatic carbocycles. The molecular formula is C15H31N. The lowest BCUT2D eigenvalue weighted by molar-refractivity contribution is 0.00222. The zero-order chi connectivity index (χ0) is 12.8. The molecule has 0 spiro atoms. The third kappa shape index (κ3) is 3.00. The van der Waals surface area contributed by atoms with Crippen molar-refractivity contribution in [3.8, 4) is 0 Å². The van der Waals surface area contributed by atoms with Crippen LogP contribution in [0.15, 0.2) is 0 Å². The van der Waals surface area contributed by atoms with Gasteiger partial charge in [-0.1, -0.05) is 20.8 Å². The third-order valence-corrected chi connectivity index (χ3v) is 3.76. The third-order valence-electron chi connectivity index (χ3n) is 3.76. The Labute approximate surface area is 103 Å². The SMILES string of the molecule is CC1CCC(C)(CC(C)(C)C)N1C(C)(C)C. The van der Waals surface area contributed by atoms with Gasteiger partial charge in [-0.2, -0.15) is 0 Å². The van der Waals surface area contributed by atoms with Crippen LogP contribution in [-0.4, -0.2) is 22.0 Å². The Morgan fingerprint density at radius 3 is 2.00 bits per heavy atom. The van der Waals surface area contributed by atoms with Crippen LogP contribution < -0.4 is 0 Å². The van der Waals surface area contributed by atoms with Crippen LogP contribution in [0.5, 0.6) is 0 Å². The average molecular weight is 225 g/mol. The van der Waals surface area contributed by atoms with Crippen molar-refractivity contribution in [1.82, 2.24) is 4.90 Å². The highest BCUT2D eigenvalue weighted by atomic mass is 15.3. The summed E-state index contributed by atoms with van der Waals surface area (Å²) in [6.07, 6.45) is 3.99.